The predicted molar refractivity (Wildman–Crippen MR) is 64.4 cm³/mol. The van der Waals surface area contributed by atoms with Gasteiger partial charge in [0.2, 0.25) is 0 Å². The van der Waals surface area contributed by atoms with Gasteiger partial charge in [0.1, 0.15) is 0 Å². The first-order valence-electron chi connectivity index (χ1n) is 6.56. The molecule has 0 amide bonds. The number of nitrogens with one attached hydrogen (secondary N) is 1. The molecule has 94 valence electrons. The monoisotopic (exact) mass is 227 g/mol. The molecule has 1 saturated heterocycles. The largest absolute Gasteiger partial charge is 0.352 e. The van der Waals surface area contributed by atoms with Crippen LogP contribution in [0.3, 0.4) is 0 Å². The van der Waals surface area contributed by atoms with Crippen LogP contribution in [0, 0.1) is 0 Å². The van der Waals surface area contributed by atoms with Crippen LogP contribution in [-0.4, -0.2) is 31.1 Å². The predicted octanol–water partition coefficient (Wildman–Crippen LogP) is 2.45. The molecule has 1 saturated carbocycles. The van der Waals surface area contributed by atoms with Crippen LogP contribution in [0.4, 0.5) is 0 Å². The van der Waals surface area contributed by atoms with Crippen molar-refractivity contribution < 1.29 is 9.47 Å². The van der Waals surface area contributed by atoms with E-state index in [4.69, 9.17) is 9.47 Å². The minimum atomic E-state index is -0.468. The zero-order chi connectivity index (χ0) is 11.6. The first-order valence-corrected chi connectivity index (χ1v) is 6.56. The smallest absolute Gasteiger partial charge is 0.183 e. The van der Waals surface area contributed by atoms with Crippen molar-refractivity contribution in [3.63, 3.8) is 0 Å². The molecule has 2 rings (SSSR count). The summed E-state index contributed by atoms with van der Waals surface area (Å²) in [7, 11) is 1.74. The van der Waals surface area contributed by atoms with Gasteiger partial charge in [-0.15, -0.1) is 0 Å². The second kappa shape index (κ2) is 4.63. The number of hydrogen-bond acceptors (Lipinski definition) is 3. The van der Waals surface area contributed by atoms with E-state index >= 15 is 0 Å². The summed E-state index contributed by atoms with van der Waals surface area (Å²) >= 11 is 0. The van der Waals surface area contributed by atoms with Crippen LogP contribution < -0.4 is 5.32 Å². The van der Waals surface area contributed by atoms with E-state index in [0.717, 1.165) is 13.0 Å². The van der Waals surface area contributed by atoms with Crippen molar-refractivity contribution in [1.29, 1.82) is 0 Å². The average molecular weight is 227 g/mol. The van der Waals surface area contributed by atoms with Crippen molar-refractivity contribution in [2.24, 2.45) is 0 Å². The number of rotatable bonds is 3. The first kappa shape index (κ1) is 12.3. The number of ether oxygens (including phenoxy) is 2. The van der Waals surface area contributed by atoms with Crippen molar-refractivity contribution in [2.75, 3.05) is 13.7 Å². The minimum Gasteiger partial charge on any atom is -0.352 e. The molecule has 3 heteroatoms. The fourth-order valence-electron chi connectivity index (χ4n) is 3.02. The Morgan fingerprint density at radius 2 is 1.88 bits per heavy atom. The Hall–Kier alpha value is -0.120. The van der Waals surface area contributed by atoms with Crippen molar-refractivity contribution in [2.45, 2.75) is 69.7 Å². The summed E-state index contributed by atoms with van der Waals surface area (Å²) in [5.74, 6) is -0.468. The molecule has 1 aliphatic carbocycles. The van der Waals surface area contributed by atoms with E-state index in [2.05, 4.69) is 19.2 Å². The summed E-state index contributed by atoms with van der Waals surface area (Å²) in [6.07, 6.45) is 7.75. The van der Waals surface area contributed by atoms with Gasteiger partial charge >= 0.3 is 0 Å². The maximum Gasteiger partial charge on any atom is 0.183 e. The van der Waals surface area contributed by atoms with Gasteiger partial charge in [0.25, 0.3) is 0 Å². The zero-order valence-electron chi connectivity index (χ0n) is 10.8. The standard InChI is InChI=1S/C13H25NO2/c1-12(9-10-16-13(12,2)15-3)14-11-7-5-4-6-8-11/h11,14H,4-10H2,1-3H3/t12-,13+/m1/s1. The lowest BCUT2D eigenvalue weighted by atomic mass is 9.87. The fourth-order valence-corrected chi connectivity index (χ4v) is 3.02. The second-order valence-corrected chi connectivity index (χ2v) is 5.56. The van der Waals surface area contributed by atoms with Crippen molar-refractivity contribution in [3.8, 4) is 0 Å². The molecule has 0 bridgehead atoms. The summed E-state index contributed by atoms with van der Waals surface area (Å²) in [4.78, 5) is 0. The van der Waals surface area contributed by atoms with Gasteiger partial charge in [-0.2, -0.15) is 0 Å². The zero-order valence-corrected chi connectivity index (χ0v) is 10.8. The van der Waals surface area contributed by atoms with Gasteiger partial charge in [0.05, 0.1) is 12.1 Å². The maximum atomic E-state index is 5.76. The first-order chi connectivity index (χ1) is 7.60. The molecular weight excluding hydrogens is 202 g/mol. The fraction of sp³-hybridized carbons (Fsp3) is 1.00. The second-order valence-electron chi connectivity index (χ2n) is 5.56. The Bertz CT molecular complexity index is 240. The topological polar surface area (TPSA) is 30.5 Å². The molecule has 2 fully saturated rings. The Balaban J connectivity index is 2.00. The molecule has 16 heavy (non-hydrogen) atoms. The molecule has 0 radical (unpaired) electrons. The molecule has 1 N–H and O–H groups in total. The summed E-state index contributed by atoms with van der Waals surface area (Å²) in [5.41, 5.74) is -0.0379. The lowest BCUT2D eigenvalue weighted by Crippen LogP contribution is -2.60. The molecule has 1 aliphatic heterocycles. The molecule has 0 aromatic carbocycles. The maximum absolute atomic E-state index is 5.76. The lowest BCUT2D eigenvalue weighted by Gasteiger charge is -2.42. The Labute approximate surface area is 98.9 Å². The van der Waals surface area contributed by atoms with E-state index in [1.165, 1.54) is 32.1 Å². The van der Waals surface area contributed by atoms with Crippen LogP contribution in [-0.2, 0) is 9.47 Å². The quantitative estimate of drug-likeness (QED) is 0.803. The van der Waals surface area contributed by atoms with Gasteiger partial charge in [0, 0.05) is 13.2 Å². The van der Waals surface area contributed by atoms with Crippen molar-refractivity contribution in [1.82, 2.24) is 5.32 Å². The highest BCUT2D eigenvalue weighted by Crippen LogP contribution is 2.37. The molecular formula is C13H25NO2. The van der Waals surface area contributed by atoms with Crippen LogP contribution >= 0.6 is 0 Å². The van der Waals surface area contributed by atoms with Gasteiger partial charge in [0.15, 0.2) is 5.79 Å². The molecule has 0 spiro atoms. The van der Waals surface area contributed by atoms with Crippen LogP contribution in [0.25, 0.3) is 0 Å². The SMILES string of the molecule is CO[C@@]1(C)OCC[C@@]1(C)NC1CCCCC1. The Morgan fingerprint density at radius 3 is 2.50 bits per heavy atom. The van der Waals surface area contributed by atoms with Gasteiger partial charge in [-0.05, 0) is 33.1 Å². The molecule has 2 aliphatic rings. The number of methoxy groups -OCH3 is 1. The molecule has 3 nitrogen and oxygen atoms in total. The van der Waals surface area contributed by atoms with Crippen LogP contribution in [0.1, 0.15) is 52.4 Å². The third kappa shape index (κ3) is 2.13. The highest BCUT2D eigenvalue weighted by atomic mass is 16.7. The molecule has 0 aromatic heterocycles. The third-order valence-electron chi connectivity index (χ3n) is 4.50. The summed E-state index contributed by atoms with van der Waals surface area (Å²) < 4.78 is 11.3. The van der Waals surface area contributed by atoms with E-state index in [1.54, 1.807) is 7.11 Å². The molecule has 2 atom stereocenters. The summed E-state index contributed by atoms with van der Waals surface area (Å²) in [6, 6.07) is 0.648. The lowest BCUT2D eigenvalue weighted by molar-refractivity contribution is -0.213. The summed E-state index contributed by atoms with van der Waals surface area (Å²) in [6.45, 7) is 5.08. The van der Waals surface area contributed by atoms with E-state index in [1.807, 2.05) is 0 Å². The van der Waals surface area contributed by atoms with E-state index in [9.17, 15) is 0 Å². The van der Waals surface area contributed by atoms with Gasteiger partial charge in [-0.1, -0.05) is 19.3 Å². The number of hydrogen-bond donors (Lipinski definition) is 1. The molecule has 1 heterocycles. The van der Waals surface area contributed by atoms with Gasteiger partial charge < -0.3 is 14.8 Å². The molecule has 0 aromatic rings. The van der Waals surface area contributed by atoms with Crippen LogP contribution in [0.5, 0.6) is 0 Å². The highest BCUT2D eigenvalue weighted by Gasteiger charge is 2.51. The normalized spacial score (nSPS) is 41.4. The van der Waals surface area contributed by atoms with Crippen molar-refractivity contribution in [3.05, 3.63) is 0 Å². The molecule has 0 unspecified atom stereocenters. The van der Waals surface area contributed by atoms with E-state index in [0.29, 0.717) is 6.04 Å². The average Bonchev–Trinajstić information content (AvgIpc) is 2.57. The highest BCUT2D eigenvalue weighted by molar-refractivity contribution is 5.01. The van der Waals surface area contributed by atoms with Gasteiger partial charge in [-0.25, -0.2) is 0 Å². The Morgan fingerprint density at radius 1 is 1.19 bits per heavy atom. The van der Waals surface area contributed by atoms with Crippen LogP contribution in [0.2, 0.25) is 0 Å². The minimum absolute atomic E-state index is 0.0379. The third-order valence-corrected chi connectivity index (χ3v) is 4.50. The Kier molecular flexibility index (Phi) is 3.57. The van der Waals surface area contributed by atoms with Crippen molar-refractivity contribution >= 4 is 0 Å². The van der Waals surface area contributed by atoms with Crippen LogP contribution in [0.15, 0.2) is 0 Å². The van der Waals surface area contributed by atoms with E-state index < -0.39 is 5.79 Å². The summed E-state index contributed by atoms with van der Waals surface area (Å²) in [5, 5.41) is 3.79. The van der Waals surface area contributed by atoms with E-state index in [-0.39, 0.29) is 5.54 Å². The van der Waals surface area contributed by atoms with Gasteiger partial charge in [-0.3, -0.25) is 0 Å².